The summed E-state index contributed by atoms with van der Waals surface area (Å²) >= 11 is 1.63. The highest BCUT2D eigenvalue weighted by Crippen LogP contribution is 2.36. The number of benzene rings is 2. The first kappa shape index (κ1) is 20.1. The van der Waals surface area contributed by atoms with Crippen LogP contribution >= 0.6 is 11.3 Å². The Hall–Kier alpha value is -2.78. The molecule has 4 aromatic rings. The lowest BCUT2D eigenvalue weighted by Crippen LogP contribution is -2.33. The third-order valence-corrected chi connectivity index (χ3v) is 7.51. The molecular weight excluding hydrogens is 432 g/mol. The highest BCUT2D eigenvalue weighted by Gasteiger charge is 2.33. The predicted molar refractivity (Wildman–Crippen MR) is 122 cm³/mol. The van der Waals surface area contributed by atoms with E-state index in [2.05, 4.69) is 4.98 Å². The molecule has 5 rings (SSSR count). The van der Waals surface area contributed by atoms with Crippen LogP contribution in [0.15, 0.2) is 48.5 Å². The number of amides is 1. The Morgan fingerprint density at radius 3 is 2.61 bits per heavy atom. The van der Waals surface area contributed by atoms with Crippen LogP contribution in [0.25, 0.3) is 21.3 Å². The van der Waals surface area contributed by atoms with Crippen LogP contribution in [-0.2, 0) is 26.9 Å². The van der Waals surface area contributed by atoms with Crippen LogP contribution in [-0.4, -0.2) is 46.6 Å². The van der Waals surface area contributed by atoms with E-state index in [1.807, 2.05) is 53.4 Å². The molecule has 3 heterocycles. The summed E-state index contributed by atoms with van der Waals surface area (Å²) in [7, 11) is -3.29. The Balaban J connectivity index is 1.46. The Labute approximate surface area is 184 Å². The monoisotopic (exact) mass is 454 g/mol. The van der Waals surface area contributed by atoms with Gasteiger partial charge in [0.25, 0.3) is 0 Å². The Morgan fingerprint density at radius 1 is 1.10 bits per heavy atom. The molecule has 2 aromatic carbocycles. The molecule has 9 heteroatoms. The summed E-state index contributed by atoms with van der Waals surface area (Å²) in [5.41, 5.74) is 2.42. The minimum absolute atomic E-state index is 0.0420. The number of thiazole rings is 1. The minimum atomic E-state index is -3.29. The molecule has 160 valence electrons. The van der Waals surface area contributed by atoms with Crippen LogP contribution in [0.5, 0.6) is 0 Å². The summed E-state index contributed by atoms with van der Waals surface area (Å²) in [4.78, 5) is 24.5. The third-order valence-electron chi connectivity index (χ3n) is 5.59. The molecule has 1 fully saturated rings. The molecule has 0 saturated carbocycles. The fraction of sp³-hybridized carbons (Fsp3) is 0.318. The van der Waals surface area contributed by atoms with Gasteiger partial charge >= 0.3 is 0 Å². The predicted octanol–water partition coefficient (Wildman–Crippen LogP) is 3.55. The van der Waals surface area contributed by atoms with Crippen molar-refractivity contribution in [2.24, 2.45) is 0 Å². The lowest BCUT2D eigenvalue weighted by atomic mass is 10.2. The fourth-order valence-corrected chi connectivity index (χ4v) is 6.03. The SMILES string of the molecule is CS(=O)(=O)Cc1nc2ccccc2n1CC(=O)N1CCCC1c1nc2ccccc2s1. The smallest absolute Gasteiger partial charge is 0.243 e. The average molecular weight is 455 g/mol. The first-order valence-corrected chi connectivity index (χ1v) is 13.0. The van der Waals surface area contributed by atoms with E-state index in [0.29, 0.717) is 17.9 Å². The van der Waals surface area contributed by atoms with E-state index in [4.69, 9.17) is 4.98 Å². The van der Waals surface area contributed by atoms with Gasteiger partial charge in [0.15, 0.2) is 9.84 Å². The van der Waals surface area contributed by atoms with Gasteiger partial charge in [0.1, 0.15) is 23.1 Å². The van der Waals surface area contributed by atoms with E-state index < -0.39 is 9.84 Å². The van der Waals surface area contributed by atoms with Crippen molar-refractivity contribution in [1.29, 1.82) is 0 Å². The number of hydrogen-bond donors (Lipinski definition) is 0. The maximum atomic E-state index is 13.4. The molecule has 31 heavy (non-hydrogen) atoms. The highest BCUT2D eigenvalue weighted by atomic mass is 32.2. The Kier molecular flexibility index (Phi) is 5.02. The van der Waals surface area contributed by atoms with E-state index in [9.17, 15) is 13.2 Å². The van der Waals surface area contributed by atoms with Crippen molar-refractivity contribution in [2.75, 3.05) is 12.8 Å². The average Bonchev–Trinajstić information content (AvgIpc) is 3.43. The number of likely N-dealkylation sites (tertiary alicyclic amines) is 1. The molecule has 0 radical (unpaired) electrons. The zero-order valence-corrected chi connectivity index (χ0v) is 18.7. The second-order valence-electron chi connectivity index (χ2n) is 7.94. The van der Waals surface area contributed by atoms with Crippen LogP contribution in [0, 0.1) is 0 Å². The van der Waals surface area contributed by atoms with Crippen molar-refractivity contribution in [3.63, 3.8) is 0 Å². The fourth-order valence-electron chi connectivity index (χ4n) is 4.23. The number of sulfone groups is 1. The molecule has 2 aromatic heterocycles. The van der Waals surface area contributed by atoms with Crippen LogP contribution in [0.2, 0.25) is 0 Å². The summed E-state index contributed by atoms with van der Waals surface area (Å²) in [6.45, 7) is 0.736. The molecule has 1 unspecified atom stereocenters. The van der Waals surface area contributed by atoms with Gasteiger partial charge in [-0.05, 0) is 37.1 Å². The lowest BCUT2D eigenvalue weighted by Gasteiger charge is -2.24. The Morgan fingerprint density at radius 2 is 1.84 bits per heavy atom. The van der Waals surface area contributed by atoms with Gasteiger partial charge in [-0.25, -0.2) is 18.4 Å². The standard InChI is InChI=1S/C22H22N4O3S2/c1-31(28,29)14-20-23-15-7-2-4-9-17(15)26(20)13-21(27)25-12-6-10-18(25)22-24-16-8-3-5-11-19(16)30-22/h2-5,7-9,11,18H,6,10,12-14H2,1H3. The first-order chi connectivity index (χ1) is 14.9. The van der Waals surface area contributed by atoms with Crippen molar-refractivity contribution < 1.29 is 13.2 Å². The van der Waals surface area contributed by atoms with Crippen molar-refractivity contribution in [3.05, 3.63) is 59.4 Å². The number of fused-ring (bicyclic) bond motifs is 2. The van der Waals surface area contributed by atoms with Crippen molar-refractivity contribution in [2.45, 2.75) is 31.2 Å². The van der Waals surface area contributed by atoms with Gasteiger partial charge in [-0.1, -0.05) is 24.3 Å². The van der Waals surface area contributed by atoms with Crippen molar-refractivity contribution >= 4 is 48.3 Å². The minimum Gasteiger partial charge on any atom is -0.332 e. The van der Waals surface area contributed by atoms with Gasteiger partial charge in [0.05, 0.1) is 27.3 Å². The topological polar surface area (TPSA) is 85.2 Å². The molecule has 1 aliphatic rings. The Bertz CT molecular complexity index is 1360. The van der Waals surface area contributed by atoms with Crippen molar-refractivity contribution in [3.8, 4) is 0 Å². The summed E-state index contributed by atoms with van der Waals surface area (Å²) in [6.07, 6.45) is 2.99. The quantitative estimate of drug-likeness (QED) is 0.460. The molecular formula is C22H22N4O3S2. The number of imidazole rings is 1. The van der Waals surface area contributed by atoms with Crippen molar-refractivity contribution in [1.82, 2.24) is 19.4 Å². The number of para-hydroxylation sites is 3. The zero-order valence-electron chi connectivity index (χ0n) is 17.1. The van der Waals surface area contributed by atoms with Gasteiger partial charge < -0.3 is 9.47 Å². The summed E-state index contributed by atoms with van der Waals surface area (Å²) < 4.78 is 26.7. The maximum absolute atomic E-state index is 13.4. The van der Waals surface area contributed by atoms with Crippen LogP contribution in [0.3, 0.4) is 0 Å². The molecule has 1 aliphatic heterocycles. The second-order valence-corrected chi connectivity index (χ2v) is 11.1. The number of hydrogen-bond acceptors (Lipinski definition) is 6. The van der Waals surface area contributed by atoms with E-state index in [1.54, 1.807) is 15.9 Å². The number of aromatic nitrogens is 3. The van der Waals surface area contributed by atoms with E-state index in [1.165, 1.54) is 6.26 Å². The number of nitrogens with zero attached hydrogens (tertiary/aromatic N) is 4. The molecule has 1 saturated heterocycles. The molecule has 1 atom stereocenters. The van der Waals surface area contributed by atoms with Gasteiger partial charge in [-0.3, -0.25) is 4.79 Å². The largest absolute Gasteiger partial charge is 0.332 e. The summed E-state index contributed by atoms with van der Waals surface area (Å²) in [6, 6.07) is 15.4. The van der Waals surface area contributed by atoms with Gasteiger partial charge in [-0.15, -0.1) is 11.3 Å². The molecule has 0 bridgehead atoms. The molecule has 0 aliphatic carbocycles. The van der Waals surface area contributed by atoms with Gasteiger partial charge in [-0.2, -0.15) is 0 Å². The van der Waals surface area contributed by atoms with Crippen LogP contribution in [0.4, 0.5) is 0 Å². The maximum Gasteiger partial charge on any atom is 0.243 e. The van der Waals surface area contributed by atoms with Gasteiger partial charge in [0, 0.05) is 12.8 Å². The normalized spacial score (nSPS) is 17.1. The van der Waals surface area contributed by atoms with E-state index in [0.717, 1.165) is 33.6 Å². The van der Waals surface area contributed by atoms with Crippen LogP contribution < -0.4 is 0 Å². The zero-order chi connectivity index (χ0) is 21.6. The number of carbonyl (C=O) groups is 1. The number of carbonyl (C=O) groups excluding carboxylic acids is 1. The third kappa shape index (κ3) is 3.95. The second kappa shape index (κ2) is 7.72. The molecule has 1 amide bonds. The summed E-state index contributed by atoms with van der Waals surface area (Å²) in [5, 5.41) is 0.957. The number of rotatable bonds is 5. The molecule has 0 N–H and O–H groups in total. The lowest BCUT2D eigenvalue weighted by molar-refractivity contribution is -0.132. The van der Waals surface area contributed by atoms with Crippen LogP contribution in [0.1, 0.15) is 29.7 Å². The van der Waals surface area contributed by atoms with E-state index >= 15 is 0 Å². The highest BCUT2D eigenvalue weighted by molar-refractivity contribution is 7.89. The van der Waals surface area contributed by atoms with E-state index in [-0.39, 0.29) is 24.2 Å². The molecule has 7 nitrogen and oxygen atoms in total. The summed E-state index contributed by atoms with van der Waals surface area (Å²) in [5.74, 6) is 0.156. The molecule has 0 spiro atoms. The van der Waals surface area contributed by atoms with Gasteiger partial charge in [0.2, 0.25) is 5.91 Å². The first-order valence-electron chi connectivity index (χ1n) is 10.2.